The van der Waals surface area contributed by atoms with Gasteiger partial charge in [0.15, 0.2) is 0 Å². The molecule has 114 valence electrons. The fraction of sp³-hybridized carbons (Fsp3) is 0.571. The van der Waals surface area contributed by atoms with Gasteiger partial charge in [0.05, 0.1) is 6.61 Å². The molecule has 1 unspecified atom stereocenters. The Morgan fingerprint density at radius 2 is 1.90 bits per heavy atom. The number of hydrogen-bond donors (Lipinski definition) is 1. The molecule has 1 rings (SSSR count). The Labute approximate surface area is 125 Å². The Morgan fingerprint density at radius 1 is 1.25 bits per heavy atom. The molecule has 1 aromatic carbocycles. The maximum absolute atomic E-state index is 12.1. The van der Waals surface area contributed by atoms with E-state index in [4.69, 9.17) is 4.74 Å². The van der Waals surface area contributed by atoms with Crippen molar-refractivity contribution in [1.82, 2.24) is 5.32 Å². The molecule has 1 atom stereocenters. The lowest BCUT2D eigenvalue weighted by Crippen LogP contribution is -2.27. The smallest absolute Gasteiger partial charge is 0.371 e. The van der Waals surface area contributed by atoms with Crippen LogP contribution in [0.2, 0.25) is 0 Å². The standard InChI is InChI=1S/C14H19BrF3NO/c1-2-7-19-8-12(9-20-10-14(16,17)18)11-3-5-13(15)6-4-11/h3-6,12,19H,2,7-10H2,1H3. The maximum atomic E-state index is 12.1. The van der Waals surface area contributed by atoms with Gasteiger partial charge in [-0.2, -0.15) is 13.2 Å². The van der Waals surface area contributed by atoms with Crippen LogP contribution >= 0.6 is 15.9 Å². The minimum Gasteiger partial charge on any atom is -0.371 e. The zero-order valence-corrected chi connectivity index (χ0v) is 12.9. The molecule has 0 radical (unpaired) electrons. The Bertz CT molecular complexity index is 381. The van der Waals surface area contributed by atoms with E-state index in [2.05, 4.69) is 21.2 Å². The highest BCUT2D eigenvalue weighted by atomic mass is 79.9. The molecule has 6 heteroatoms. The third-order valence-electron chi connectivity index (χ3n) is 2.74. The third kappa shape index (κ3) is 7.26. The van der Waals surface area contributed by atoms with Crippen molar-refractivity contribution in [1.29, 1.82) is 0 Å². The number of benzene rings is 1. The van der Waals surface area contributed by atoms with Crippen LogP contribution in [0.5, 0.6) is 0 Å². The summed E-state index contributed by atoms with van der Waals surface area (Å²) in [5, 5.41) is 3.22. The summed E-state index contributed by atoms with van der Waals surface area (Å²) in [6, 6.07) is 7.57. The monoisotopic (exact) mass is 353 g/mol. The van der Waals surface area contributed by atoms with E-state index in [0.29, 0.717) is 6.54 Å². The first-order valence-electron chi connectivity index (χ1n) is 6.53. The van der Waals surface area contributed by atoms with Crippen LogP contribution in [0, 0.1) is 0 Å². The van der Waals surface area contributed by atoms with Crippen LogP contribution in [0.15, 0.2) is 28.7 Å². The van der Waals surface area contributed by atoms with Crippen LogP contribution in [-0.4, -0.2) is 32.5 Å². The second kappa shape index (κ2) is 8.64. The molecular formula is C14H19BrF3NO. The predicted octanol–water partition coefficient (Wildman–Crippen LogP) is 4.11. The summed E-state index contributed by atoms with van der Waals surface area (Å²) in [6.45, 7) is 2.34. The topological polar surface area (TPSA) is 21.3 Å². The van der Waals surface area contributed by atoms with E-state index in [1.807, 2.05) is 31.2 Å². The highest BCUT2D eigenvalue weighted by Crippen LogP contribution is 2.21. The average Bonchev–Trinajstić information content (AvgIpc) is 2.37. The van der Waals surface area contributed by atoms with Gasteiger partial charge in [-0.1, -0.05) is 35.0 Å². The molecule has 0 saturated heterocycles. The van der Waals surface area contributed by atoms with Gasteiger partial charge in [-0.15, -0.1) is 0 Å². The Balaban J connectivity index is 2.57. The molecule has 2 nitrogen and oxygen atoms in total. The van der Waals surface area contributed by atoms with E-state index < -0.39 is 12.8 Å². The van der Waals surface area contributed by atoms with E-state index in [0.717, 1.165) is 23.0 Å². The lowest BCUT2D eigenvalue weighted by atomic mass is 10.00. The van der Waals surface area contributed by atoms with Gasteiger partial charge in [-0.25, -0.2) is 0 Å². The zero-order chi connectivity index (χ0) is 15.0. The molecule has 0 aromatic heterocycles. The van der Waals surface area contributed by atoms with Crippen molar-refractivity contribution >= 4 is 15.9 Å². The van der Waals surface area contributed by atoms with Crippen LogP contribution in [0.3, 0.4) is 0 Å². The third-order valence-corrected chi connectivity index (χ3v) is 3.27. The Hall–Kier alpha value is -0.590. The van der Waals surface area contributed by atoms with Crippen LogP contribution in [0.25, 0.3) is 0 Å². The minimum absolute atomic E-state index is 0.0534. The molecule has 0 aliphatic rings. The summed E-state index contributed by atoms with van der Waals surface area (Å²) in [4.78, 5) is 0. The van der Waals surface area contributed by atoms with E-state index >= 15 is 0 Å². The molecular weight excluding hydrogens is 335 g/mol. The van der Waals surface area contributed by atoms with Gasteiger partial charge >= 0.3 is 6.18 Å². The van der Waals surface area contributed by atoms with E-state index in [1.165, 1.54) is 0 Å². The lowest BCUT2D eigenvalue weighted by molar-refractivity contribution is -0.174. The van der Waals surface area contributed by atoms with Crippen molar-refractivity contribution in [3.05, 3.63) is 34.3 Å². The highest BCUT2D eigenvalue weighted by molar-refractivity contribution is 9.10. The highest BCUT2D eigenvalue weighted by Gasteiger charge is 2.28. The number of halogens is 4. The minimum atomic E-state index is -4.28. The number of ether oxygens (including phenoxy) is 1. The van der Waals surface area contributed by atoms with Gasteiger partial charge in [0.2, 0.25) is 0 Å². The maximum Gasteiger partial charge on any atom is 0.411 e. The number of hydrogen-bond acceptors (Lipinski definition) is 2. The Kier molecular flexibility index (Phi) is 7.55. The van der Waals surface area contributed by atoms with Crippen molar-refractivity contribution in [2.45, 2.75) is 25.4 Å². The van der Waals surface area contributed by atoms with Crippen molar-refractivity contribution < 1.29 is 17.9 Å². The fourth-order valence-corrected chi connectivity index (χ4v) is 2.04. The molecule has 0 aliphatic carbocycles. The van der Waals surface area contributed by atoms with Gasteiger partial charge in [-0.3, -0.25) is 0 Å². The first-order valence-corrected chi connectivity index (χ1v) is 7.32. The van der Waals surface area contributed by atoms with Crippen molar-refractivity contribution in [3.63, 3.8) is 0 Å². The predicted molar refractivity (Wildman–Crippen MR) is 76.9 cm³/mol. The number of alkyl halides is 3. The van der Waals surface area contributed by atoms with Gasteiger partial charge in [0.25, 0.3) is 0 Å². The van der Waals surface area contributed by atoms with Gasteiger partial charge < -0.3 is 10.1 Å². The number of nitrogens with one attached hydrogen (secondary N) is 1. The van der Waals surface area contributed by atoms with Gasteiger partial charge in [0, 0.05) is 16.9 Å². The summed E-state index contributed by atoms with van der Waals surface area (Å²) >= 11 is 3.34. The SMILES string of the molecule is CCCNCC(COCC(F)(F)F)c1ccc(Br)cc1. The molecule has 0 aliphatic heterocycles. The number of rotatable bonds is 8. The Morgan fingerprint density at radius 3 is 2.45 bits per heavy atom. The second-order valence-corrected chi connectivity index (χ2v) is 5.50. The molecule has 0 heterocycles. The van der Waals surface area contributed by atoms with E-state index in [9.17, 15) is 13.2 Å². The summed E-state index contributed by atoms with van der Waals surface area (Å²) in [5.41, 5.74) is 0.971. The first kappa shape index (κ1) is 17.5. The molecule has 0 spiro atoms. The van der Waals surface area contributed by atoms with Crippen molar-refractivity contribution in [2.24, 2.45) is 0 Å². The summed E-state index contributed by atoms with van der Waals surface area (Å²) in [6.07, 6.45) is -3.29. The molecule has 0 fully saturated rings. The van der Waals surface area contributed by atoms with Crippen LogP contribution < -0.4 is 5.32 Å². The fourth-order valence-electron chi connectivity index (χ4n) is 1.78. The molecule has 0 saturated carbocycles. The van der Waals surface area contributed by atoms with E-state index in [1.54, 1.807) is 0 Å². The molecule has 20 heavy (non-hydrogen) atoms. The molecule has 1 aromatic rings. The molecule has 0 bridgehead atoms. The average molecular weight is 354 g/mol. The summed E-state index contributed by atoms with van der Waals surface area (Å²) in [7, 11) is 0. The van der Waals surface area contributed by atoms with Crippen LogP contribution in [0.4, 0.5) is 13.2 Å². The van der Waals surface area contributed by atoms with Crippen molar-refractivity contribution in [2.75, 3.05) is 26.3 Å². The van der Waals surface area contributed by atoms with Gasteiger partial charge in [-0.05, 0) is 30.7 Å². The summed E-state index contributed by atoms with van der Waals surface area (Å²) < 4.78 is 42.1. The lowest BCUT2D eigenvalue weighted by Gasteiger charge is -2.19. The van der Waals surface area contributed by atoms with Crippen molar-refractivity contribution in [3.8, 4) is 0 Å². The van der Waals surface area contributed by atoms with E-state index in [-0.39, 0.29) is 12.5 Å². The first-order chi connectivity index (χ1) is 9.42. The molecule has 1 N–H and O–H groups in total. The quantitative estimate of drug-likeness (QED) is 0.710. The van der Waals surface area contributed by atoms with Crippen LogP contribution in [-0.2, 0) is 4.74 Å². The normalized spacial score (nSPS) is 13.4. The molecule has 0 amide bonds. The second-order valence-electron chi connectivity index (χ2n) is 4.58. The zero-order valence-electron chi connectivity index (χ0n) is 11.3. The summed E-state index contributed by atoms with van der Waals surface area (Å²) in [5.74, 6) is -0.0861. The van der Waals surface area contributed by atoms with Gasteiger partial charge in [0.1, 0.15) is 6.61 Å². The largest absolute Gasteiger partial charge is 0.411 e. The van der Waals surface area contributed by atoms with Crippen LogP contribution in [0.1, 0.15) is 24.8 Å².